The van der Waals surface area contributed by atoms with Crippen LogP contribution in [-0.4, -0.2) is 5.60 Å². The zero-order chi connectivity index (χ0) is 9.47. The van der Waals surface area contributed by atoms with E-state index in [1.165, 1.54) is 6.07 Å². The highest BCUT2D eigenvalue weighted by molar-refractivity contribution is 5.42. The number of hydrogen-bond donors (Lipinski definition) is 0. The molecule has 2 rings (SSSR count). The van der Waals surface area contributed by atoms with Crippen LogP contribution in [0.3, 0.4) is 0 Å². The van der Waals surface area contributed by atoms with Gasteiger partial charge in [0.25, 0.3) is 0 Å². The molecule has 1 aliphatic heterocycles. The van der Waals surface area contributed by atoms with Gasteiger partial charge in [0, 0.05) is 12.0 Å². The molecule has 0 unspecified atom stereocenters. The molecular formula is C11H11FO. The van der Waals surface area contributed by atoms with Gasteiger partial charge < -0.3 is 4.74 Å². The Morgan fingerprint density at radius 2 is 2.23 bits per heavy atom. The van der Waals surface area contributed by atoms with Gasteiger partial charge in [0.2, 0.25) is 0 Å². The highest BCUT2D eigenvalue weighted by atomic mass is 19.1. The minimum Gasteiger partial charge on any atom is -0.487 e. The predicted molar refractivity (Wildman–Crippen MR) is 48.1 cm³/mol. The van der Waals surface area contributed by atoms with Crippen LogP contribution in [0.4, 0.5) is 4.39 Å². The van der Waals surface area contributed by atoms with Gasteiger partial charge in [-0.25, -0.2) is 4.39 Å². The molecule has 0 amide bonds. The van der Waals surface area contributed by atoms with Crippen LogP contribution in [-0.2, 0) is 0 Å². The summed E-state index contributed by atoms with van der Waals surface area (Å²) < 4.78 is 18.8. The third-order valence-electron chi connectivity index (χ3n) is 2.05. The number of rotatable bonds is 0. The molecule has 0 saturated carbocycles. The number of halogens is 1. The lowest BCUT2D eigenvalue weighted by Crippen LogP contribution is -2.32. The summed E-state index contributed by atoms with van der Waals surface area (Å²) in [5.74, 6) is 0.337. The van der Waals surface area contributed by atoms with Gasteiger partial charge in [0.1, 0.15) is 17.2 Å². The van der Waals surface area contributed by atoms with Crippen LogP contribution < -0.4 is 4.74 Å². The lowest BCUT2D eigenvalue weighted by Gasteiger charge is -2.32. The molecule has 1 aromatic carbocycles. The molecule has 0 aliphatic carbocycles. The van der Waals surface area contributed by atoms with Crippen molar-refractivity contribution in [2.75, 3.05) is 0 Å². The fraction of sp³-hybridized carbons (Fsp3) is 0.364. The van der Waals surface area contributed by atoms with E-state index in [-0.39, 0.29) is 11.4 Å². The van der Waals surface area contributed by atoms with E-state index in [4.69, 9.17) is 4.74 Å². The SMILES string of the molecule is CC1(C)C[C]c2c(F)cccc2O1. The maximum atomic E-state index is 13.2. The molecule has 2 radical (unpaired) electrons. The Hall–Kier alpha value is -1.05. The lowest BCUT2D eigenvalue weighted by molar-refractivity contribution is 0.0977. The summed E-state index contributed by atoms with van der Waals surface area (Å²) in [5.41, 5.74) is 0.211. The van der Waals surface area contributed by atoms with Crippen molar-refractivity contribution in [1.82, 2.24) is 0 Å². The first-order chi connectivity index (χ1) is 6.08. The van der Waals surface area contributed by atoms with Gasteiger partial charge >= 0.3 is 0 Å². The second kappa shape index (κ2) is 2.72. The minimum absolute atomic E-state index is 0.256. The van der Waals surface area contributed by atoms with Crippen LogP contribution in [0.15, 0.2) is 18.2 Å². The Bertz CT molecular complexity index is 331. The highest BCUT2D eigenvalue weighted by Gasteiger charge is 2.28. The van der Waals surface area contributed by atoms with Crippen LogP contribution in [0.1, 0.15) is 25.8 Å². The number of ether oxygens (including phenoxy) is 1. The third kappa shape index (κ3) is 1.53. The molecule has 1 heterocycles. The molecule has 68 valence electrons. The van der Waals surface area contributed by atoms with Gasteiger partial charge in [-0.05, 0) is 32.4 Å². The Morgan fingerprint density at radius 3 is 3.00 bits per heavy atom. The molecule has 0 bridgehead atoms. The average Bonchev–Trinajstić information content (AvgIpc) is 2.02. The van der Waals surface area contributed by atoms with E-state index < -0.39 is 0 Å². The number of fused-ring (bicyclic) bond motifs is 1. The Labute approximate surface area is 77.5 Å². The maximum Gasteiger partial charge on any atom is 0.130 e. The van der Waals surface area contributed by atoms with E-state index in [0.717, 1.165) is 0 Å². The lowest BCUT2D eigenvalue weighted by atomic mass is 9.94. The molecule has 13 heavy (non-hydrogen) atoms. The van der Waals surface area contributed by atoms with Gasteiger partial charge in [-0.3, -0.25) is 0 Å². The summed E-state index contributed by atoms with van der Waals surface area (Å²) in [6.45, 7) is 3.93. The van der Waals surface area contributed by atoms with Crippen molar-refractivity contribution in [3.05, 3.63) is 36.0 Å². The molecule has 1 aromatic rings. The monoisotopic (exact) mass is 178 g/mol. The van der Waals surface area contributed by atoms with Crippen molar-refractivity contribution in [2.45, 2.75) is 25.9 Å². The van der Waals surface area contributed by atoms with E-state index in [1.54, 1.807) is 12.1 Å². The van der Waals surface area contributed by atoms with Crippen LogP contribution in [0.2, 0.25) is 0 Å². The molecular weight excluding hydrogens is 167 g/mol. The molecule has 2 heteroatoms. The van der Waals surface area contributed by atoms with Crippen LogP contribution in [0.5, 0.6) is 5.75 Å². The van der Waals surface area contributed by atoms with Crippen molar-refractivity contribution in [3.63, 3.8) is 0 Å². The Morgan fingerprint density at radius 1 is 1.46 bits per heavy atom. The summed E-state index contributed by atoms with van der Waals surface area (Å²) in [6.07, 6.45) is 3.65. The summed E-state index contributed by atoms with van der Waals surface area (Å²) in [7, 11) is 0. The van der Waals surface area contributed by atoms with Gasteiger partial charge in [0.05, 0.1) is 0 Å². The van der Waals surface area contributed by atoms with Crippen molar-refractivity contribution in [2.24, 2.45) is 0 Å². The average molecular weight is 178 g/mol. The van der Waals surface area contributed by atoms with Crippen LogP contribution in [0, 0.1) is 12.2 Å². The number of benzene rings is 1. The first-order valence-electron chi connectivity index (χ1n) is 4.30. The molecule has 0 atom stereocenters. The predicted octanol–water partition coefficient (Wildman–Crippen LogP) is 2.82. The first kappa shape index (κ1) is 8.54. The third-order valence-corrected chi connectivity index (χ3v) is 2.05. The topological polar surface area (TPSA) is 9.23 Å². The molecule has 0 saturated heterocycles. The molecule has 0 N–H and O–H groups in total. The first-order valence-corrected chi connectivity index (χ1v) is 4.30. The molecule has 1 aliphatic rings. The van der Waals surface area contributed by atoms with E-state index in [0.29, 0.717) is 17.7 Å². The molecule has 0 aromatic heterocycles. The van der Waals surface area contributed by atoms with Crippen molar-refractivity contribution < 1.29 is 9.13 Å². The smallest absolute Gasteiger partial charge is 0.130 e. The highest BCUT2D eigenvalue weighted by Crippen LogP contribution is 2.35. The standard InChI is InChI=1S/C11H11FO/c1-11(2)7-6-8-9(12)4-3-5-10(8)13-11/h3-5H,7H2,1-2H3. The minimum atomic E-state index is -0.263. The quantitative estimate of drug-likeness (QED) is 0.593. The summed E-state index contributed by atoms with van der Waals surface area (Å²) >= 11 is 0. The van der Waals surface area contributed by atoms with E-state index >= 15 is 0 Å². The van der Waals surface area contributed by atoms with Crippen molar-refractivity contribution in [3.8, 4) is 5.75 Å². The number of hydrogen-bond acceptors (Lipinski definition) is 1. The van der Waals surface area contributed by atoms with E-state index in [1.807, 2.05) is 13.8 Å². The van der Waals surface area contributed by atoms with Gasteiger partial charge in [-0.15, -0.1) is 0 Å². The summed E-state index contributed by atoms with van der Waals surface area (Å²) in [4.78, 5) is 0. The zero-order valence-electron chi connectivity index (χ0n) is 7.73. The summed E-state index contributed by atoms with van der Waals surface area (Å²) in [5, 5.41) is 0. The van der Waals surface area contributed by atoms with Crippen LogP contribution >= 0.6 is 0 Å². The van der Waals surface area contributed by atoms with Crippen LogP contribution in [0.25, 0.3) is 0 Å². The van der Waals surface area contributed by atoms with E-state index in [2.05, 4.69) is 6.42 Å². The zero-order valence-corrected chi connectivity index (χ0v) is 7.73. The molecule has 1 nitrogen and oxygen atoms in total. The fourth-order valence-corrected chi connectivity index (χ4v) is 1.40. The Balaban J connectivity index is 2.42. The van der Waals surface area contributed by atoms with Gasteiger partial charge in [-0.2, -0.15) is 0 Å². The van der Waals surface area contributed by atoms with Crippen molar-refractivity contribution >= 4 is 0 Å². The summed E-state index contributed by atoms with van der Waals surface area (Å²) in [6, 6.07) is 4.84. The normalized spacial score (nSPS) is 19.0. The Kier molecular flexibility index (Phi) is 1.79. The van der Waals surface area contributed by atoms with Gasteiger partial charge in [-0.1, -0.05) is 6.07 Å². The van der Waals surface area contributed by atoms with Crippen molar-refractivity contribution in [1.29, 1.82) is 0 Å². The fourth-order valence-electron chi connectivity index (χ4n) is 1.40. The van der Waals surface area contributed by atoms with Gasteiger partial charge in [0.15, 0.2) is 0 Å². The van der Waals surface area contributed by atoms with E-state index in [9.17, 15) is 4.39 Å². The molecule has 0 fully saturated rings. The molecule has 0 spiro atoms. The second-order valence-electron chi connectivity index (χ2n) is 3.83. The second-order valence-corrected chi connectivity index (χ2v) is 3.83. The largest absolute Gasteiger partial charge is 0.487 e. The maximum absolute atomic E-state index is 13.2.